The molecular weight excluding hydrogens is 250 g/mol. The summed E-state index contributed by atoms with van der Waals surface area (Å²) in [6.07, 6.45) is 2.73. The van der Waals surface area contributed by atoms with Gasteiger partial charge < -0.3 is 14.5 Å². The first-order valence-electron chi connectivity index (χ1n) is 7.23. The fourth-order valence-corrected chi connectivity index (χ4v) is 2.16. The molecule has 1 aromatic carbocycles. The van der Waals surface area contributed by atoms with Gasteiger partial charge >= 0.3 is 0 Å². The van der Waals surface area contributed by atoms with Crippen LogP contribution in [0.1, 0.15) is 50.6 Å². The lowest BCUT2D eigenvalue weighted by molar-refractivity contribution is 0.317. The van der Waals surface area contributed by atoms with Gasteiger partial charge in [-0.1, -0.05) is 19.1 Å². The molecule has 3 nitrogen and oxygen atoms in total. The van der Waals surface area contributed by atoms with Crippen LogP contribution in [0.2, 0.25) is 0 Å². The first-order chi connectivity index (χ1) is 9.70. The summed E-state index contributed by atoms with van der Waals surface area (Å²) in [6, 6.07) is 12.6. The van der Waals surface area contributed by atoms with E-state index in [1.807, 2.05) is 24.3 Å². The van der Waals surface area contributed by atoms with Gasteiger partial charge in [-0.15, -0.1) is 0 Å². The Kier molecular flexibility index (Phi) is 5.24. The smallest absolute Gasteiger partial charge is 0.120 e. The Balaban J connectivity index is 1.93. The molecule has 0 bridgehead atoms. The molecule has 0 fully saturated rings. The Morgan fingerprint density at radius 1 is 1.10 bits per heavy atom. The van der Waals surface area contributed by atoms with Crippen molar-refractivity contribution < 1.29 is 9.15 Å². The normalized spacial score (nSPS) is 13.9. The zero-order chi connectivity index (χ0) is 14.4. The van der Waals surface area contributed by atoms with Crippen molar-refractivity contribution in [1.82, 2.24) is 5.32 Å². The van der Waals surface area contributed by atoms with Crippen LogP contribution in [-0.2, 0) is 0 Å². The Morgan fingerprint density at radius 2 is 1.85 bits per heavy atom. The van der Waals surface area contributed by atoms with E-state index in [0.717, 1.165) is 24.5 Å². The van der Waals surface area contributed by atoms with E-state index in [0.29, 0.717) is 0 Å². The van der Waals surface area contributed by atoms with Crippen molar-refractivity contribution in [2.24, 2.45) is 0 Å². The van der Waals surface area contributed by atoms with Gasteiger partial charge in [-0.25, -0.2) is 0 Å². The average Bonchev–Trinajstić information content (AvgIpc) is 3.00. The molecule has 1 heterocycles. The number of benzene rings is 1. The summed E-state index contributed by atoms with van der Waals surface area (Å²) in [7, 11) is 0. The summed E-state index contributed by atoms with van der Waals surface area (Å²) in [5.74, 6) is 1.89. The molecule has 20 heavy (non-hydrogen) atoms. The van der Waals surface area contributed by atoms with Crippen LogP contribution >= 0.6 is 0 Å². The molecule has 0 aliphatic heterocycles. The molecule has 2 atom stereocenters. The summed E-state index contributed by atoms with van der Waals surface area (Å²) in [4.78, 5) is 0. The standard InChI is InChI=1S/C17H23NO2/c1-4-11-19-16-9-7-15(8-10-16)13(2)18-14(3)17-6-5-12-20-17/h5-10,12-14,18H,4,11H2,1-3H3/t13?,14-/m0/s1. The maximum atomic E-state index is 5.59. The van der Waals surface area contributed by atoms with E-state index >= 15 is 0 Å². The van der Waals surface area contributed by atoms with E-state index < -0.39 is 0 Å². The van der Waals surface area contributed by atoms with Crippen LogP contribution < -0.4 is 10.1 Å². The van der Waals surface area contributed by atoms with Crippen LogP contribution in [0.15, 0.2) is 47.1 Å². The summed E-state index contributed by atoms with van der Waals surface area (Å²) >= 11 is 0. The number of nitrogens with one attached hydrogen (secondary N) is 1. The number of hydrogen-bond donors (Lipinski definition) is 1. The van der Waals surface area contributed by atoms with Crippen molar-refractivity contribution in [3.05, 3.63) is 54.0 Å². The SMILES string of the molecule is CCCOc1ccc(C(C)N[C@@H](C)c2ccco2)cc1. The maximum Gasteiger partial charge on any atom is 0.120 e. The Labute approximate surface area is 121 Å². The van der Waals surface area contributed by atoms with Crippen molar-refractivity contribution in [1.29, 1.82) is 0 Å². The molecule has 0 amide bonds. The van der Waals surface area contributed by atoms with Crippen LogP contribution in [0.5, 0.6) is 5.75 Å². The molecule has 2 aromatic rings. The van der Waals surface area contributed by atoms with Crippen LogP contribution in [0.4, 0.5) is 0 Å². The molecule has 108 valence electrons. The van der Waals surface area contributed by atoms with E-state index in [9.17, 15) is 0 Å². The van der Waals surface area contributed by atoms with Gasteiger partial charge in [0.2, 0.25) is 0 Å². The lowest BCUT2D eigenvalue weighted by Gasteiger charge is -2.19. The van der Waals surface area contributed by atoms with Crippen molar-refractivity contribution in [3.8, 4) is 5.75 Å². The van der Waals surface area contributed by atoms with Crippen molar-refractivity contribution >= 4 is 0 Å². The average molecular weight is 273 g/mol. The zero-order valence-electron chi connectivity index (χ0n) is 12.4. The van der Waals surface area contributed by atoms with Gasteiger partial charge in [0.1, 0.15) is 11.5 Å². The number of hydrogen-bond acceptors (Lipinski definition) is 3. The lowest BCUT2D eigenvalue weighted by Crippen LogP contribution is -2.22. The number of furan rings is 1. The number of ether oxygens (including phenoxy) is 1. The molecular formula is C17H23NO2. The van der Waals surface area contributed by atoms with Crippen LogP contribution in [0, 0.1) is 0 Å². The van der Waals surface area contributed by atoms with Crippen LogP contribution in [-0.4, -0.2) is 6.61 Å². The first kappa shape index (κ1) is 14.7. The molecule has 1 N–H and O–H groups in total. The molecule has 3 heteroatoms. The van der Waals surface area contributed by atoms with E-state index in [2.05, 4.69) is 38.2 Å². The molecule has 1 aromatic heterocycles. The van der Waals surface area contributed by atoms with E-state index in [1.54, 1.807) is 6.26 Å². The molecule has 0 aliphatic rings. The third-order valence-corrected chi connectivity index (χ3v) is 3.32. The second kappa shape index (κ2) is 7.15. The highest BCUT2D eigenvalue weighted by atomic mass is 16.5. The van der Waals surface area contributed by atoms with E-state index in [4.69, 9.17) is 9.15 Å². The molecule has 0 saturated heterocycles. The van der Waals surface area contributed by atoms with Gasteiger partial charge in [-0.3, -0.25) is 0 Å². The van der Waals surface area contributed by atoms with E-state index in [1.165, 1.54) is 5.56 Å². The van der Waals surface area contributed by atoms with Gasteiger partial charge in [0.15, 0.2) is 0 Å². The molecule has 2 rings (SSSR count). The summed E-state index contributed by atoms with van der Waals surface area (Å²) < 4.78 is 11.0. The number of rotatable bonds is 7. The minimum absolute atomic E-state index is 0.191. The fraction of sp³-hybridized carbons (Fsp3) is 0.412. The van der Waals surface area contributed by atoms with Crippen LogP contribution in [0.3, 0.4) is 0 Å². The predicted molar refractivity (Wildman–Crippen MR) is 80.9 cm³/mol. The minimum atomic E-state index is 0.191. The van der Waals surface area contributed by atoms with Gasteiger partial charge in [0.05, 0.1) is 18.9 Å². The van der Waals surface area contributed by atoms with Crippen molar-refractivity contribution in [2.45, 2.75) is 39.3 Å². The third-order valence-electron chi connectivity index (χ3n) is 3.32. The second-order valence-electron chi connectivity index (χ2n) is 5.04. The molecule has 0 aliphatic carbocycles. The molecule has 0 saturated carbocycles. The monoisotopic (exact) mass is 273 g/mol. The first-order valence-corrected chi connectivity index (χ1v) is 7.23. The Hall–Kier alpha value is -1.74. The fourth-order valence-electron chi connectivity index (χ4n) is 2.16. The topological polar surface area (TPSA) is 34.4 Å². The van der Waals surface area contributed by atoms with Gasteiger partial charge in [0.25, 0.3) is 0 Å². The van der Waals surface area contributed by atoms with Crippen molar-refractivity contribution in [2.75, 3.05) is 6.61 Å². The maximum absolute atomic E-state index is 5.59. The summed E-state index contributed by atoms with van der Waals surface area (Å²) in [6.45, 7) is 7.13. The molecule has 0 spiro atoms. The van der Waals surface area contributed by atoms with E-state index in [-0.39, 0.29) is 12.1 Å². The molecule has 1 unspecified atom stereocenters. The largest absolute Gasteiger partial charge is 0.494 e. The van der Waals surface area contributed by atoms with Gasteiger partial charge in [0, 0.05) is 6.04 Å². The highest BCUT2D eigenvalue weighted by molar-refractivity contribution is 5.29. The van der Waals surface area contributed by atoms with Crippen molar-refractivity contribution in [3.63, 3.8) is 0 Å². The third kappa shape index (κ3) is 3.87. The minimum Gasteiger partial charge on any atom is -0.494 e. The van der Waals surface area contributed by atoms with Crippen LogP contribution in [0.25, 0.3) is 0 Å². The quantitative estimate of drug-likeness (QED) is 0.807. The lowest BCUT2D eigenvalue weighted by atomic mass is 10.1. The summed E-state index contributed by atoms with van der Waals surface area (Å²) in [5.41, 5.74) is 1.24. The summed E-state index contributed by atoms with van der Waals surface area (Å²) in [5, 5.41) is 3.53. The highest BCUT2D eigenvalue weighted by Crippen LogP contribution is 2.21. The Morgan fingerprint density at radius 3 is 2.45 bits per heavy atom. The predicted octanol–water partition coefficient (Wildman–Crippen LogP) is 4.48. The highest BCUT2D eigenvalue weighted by Gasteiger charge is 2.12. The van der Waals surface area contributed by atoms with Gasteiger partial charge in [-0.05, 0) is 50.1 Å². The zero-order valence-corrected chi connectivity index (χ0v) is 12.4. The molecule has 0 radical (unpaired) electrons. The Bertz CT molecular complexity index is 490. The van der Waals surface area contributed by atoms with Gasteiger partial charge in [-0.2, -0.15) is 0 Å². The second-order valence-corrected chi connectivity index (χ2v) is 5.04.